The van der Waals surface area contributed by atoms with Crippen molar-refractivity contribution < 1.29 is 13.2 Å². The largest absolute Gasteiger partial charge is 0.342 e. The van der Waals surface area contributed by atoms with Crippen LogP contribution in [0.2, 0.25) is 0 Å². The lowest BCUT2D eigenvalue weighted by Gasteiger charge is -2.40. The summed E-state index contributed by atoms with van der Waals surface area (Å²) >= 11 is 0. The number of sulfonamides is 1. The van der Waals surface area contributed by atoms with Crippen LogP contribution >= 0.6 is 0 Å². The first kappa shape index (κ1) is 26.9. The molecule has 0 saturated heterocycles. The molecule has 5 heteroatoms. The van der Waals surface area contributed by atoms with Crippen LogP contribution in [0.3, 0.4) is 0 Å². The Balaban J connectivity index is 1.44. The smallest absolute Gasteiger partial charge is 0.242 e. The molecule has 3 unspecified atom stereocenters. The van der Waals surface area contributed by atoms with Gasteiger partial charge in [0, 0.05) is 0 Å². The first-order chi connectivity index (χ1) is 19.3. The van der Waals surface area contributed by atoms with E-state index in [1.165, 1.54) is 0 Å². The summed E-state index contributed by atoms with van der Waals surface area (Å²) in [6, 6.07) is 39.0. The molecule has 3 atom stereocenters. The summed E-state index contributed by atoms with van der Waals surface area (Å²) in [5, 5.41) is 0. The Labute approximate surface area is 238 Å². The van der Waals surface area contributed by atoms with Gasteiger partial charge in [-0.1, -0.05) is 123 Å². The van der Waals surface area contributed by atoms with Crippen LogP contribution in [0, 0.1) is 23.2 Å². The van der Waals surface area contributed by atoms with Gasteiger partial charge in [0.2, 0.25) is 10.0 Å². The molecule has 4 nitrogen and oxygen atoms in total. The molecular weight excluding hydrogens is 514 g/mol. The number of fused-ring (bicyclic) bond motifs is 1. The fourth-order valence-electron chi connectivity index (χ4n) is 7.00. The molecule has 2 aliphatic rings. The highest BCUT2D eigenvalue weighted by Gasteiger charge is 2.62. The van der Waals surface area contributed by atoms with Gasteiger partial charge in [0.25, 0.3) is 0 Å². The lowest BCUT2D eigenvalue weighted by atomic mass is 9.80. The Bertz CT molecular complexity index is 1410. The van der Waals surface area contributed by atoms with Crippen LogP contribution in [0.1, 0.15) is 49.8 Å². The van der Waals surface area contributed by atoms with Gasteiger partial charge in [0.15, 0.2) is 0 Å². The molecule has 40 heavy (non-hydrogen) atoms. The quantitative estimate of drug-likeness (QED) is 0.165. The van der Waals surface area contributed by atoms with E-state index < -0.39 is 21.9 Å². The van der Waals surface area contributed by atoms with Crippen molar-refractivity contribution in [2.75, 3.05) is 0 Å². The average molecular weight is 552 g/mol. The van der Waals surface area contributed by atoms with Gasteiger partial charge >= 0.3 is 0 Å². The Morgan fingerprint density at radius 2 is 1.12 bits per heavy atom. The molecule has 6 rings (SSSR count). The molecule has 1 N–H and O–H groups in total. The van der Waals surface area contributed by atoms with Crippen LogP contribution in [-0.2, 0) is 20.4 Å². The highest BCUT2D eigenvalue weighted by molar-refractivity contribution is 7.89. The minimum atomic E-state index is -3.82. The molecule has 2 aliphatic carbocycles. The van der Waals surface area contributed by atoms with E-state index in [-0.39, 0.29) is 4.90 Å². The SMILES string of the molecule is CC1(C)C2CC(CC(NS(=O)(=O)c3ccccc3)OC(c3ccccc3)(c3ccccc3)c3ccccc3)CC21. The van der Waals surface area contributed by atoms with Gasteiger partial charge in [-0.05, 0) is 71.3 Å². The predicted octanol–water partition coefficient (Wildman–Crippen LogP) is 7.37. The highest BCUT2D eigenvalue weighted by Crippen LogP contribution is 2.68. The molecule has 4 aromatic rings. The molecular formula is C35H37NO3S. The van der Waals surface area contributed by atoms with E-state index in [0.717, 1.165) is 29.5 Å². The molecule has 0 amide bonds. The van der Waals surface area contributed by atoms with Crippen molar-refractivity contribution in [2.45, 2.75) is 49.8 Å². The molecule has 206 valence electrons. The number of rotatable bonds is 10. The van der Waals surface area contributed by atoms with E-state index >= 15 is 0 Å². The normalized spacial score (nSPS) is 22.4. The van der Waals surface area contributed by atoms with Crippen molar-refractivity contribution in [3.8, 4) is 0 Å². The van der Waals surface area contributed by atoms with Gasteiger partial charge in [0.1, 0.15) is 11.8 Å². The summed E-state index contributed by atoms with van der Waals surface area (Å²) < 4.78 is 37.6. The molecule has 0 aromatic heterocycles. The van der Waals surface area contributed by atoms with Crippen molar-refractivity contribution in [1.29, 1.82) is 0 Å². The third kappa shape index (κ3) is 5.03. The van der Waals surface area contributed by atoms with Crippen LogP contribution in [0.15, 0.2) is 126 Å². The van der Waals surface area contributed by atoms with E-state index in [2.05, 4.69) is 55.0 Å². The average Bonchev–Trinajstić information content (AvgIpc) is 3.27. The second kappa shape index (κ2) is 10.6. The Morgan fingerprint density at radius 1 is 0.725 bits per heavy atom. The molecule has 0 aliphatic heterocycles. The van der Waals surface area contributed by atoms with Crippen LogP contribution in [0.5, 0.6) is 0 Å². The maximum atomic E-state index is 13.7. The van der Waals surface area contributed by atoms with Crippen molar-refractivity contribution in [1.82, 2.24) is 4.72 Å². The van der Waals surface area contributed by atoms with Gasteiger partial charge < -0.3 is 4.74 Å². The topological polar surface area (TPSA) is 55.4 Å². The van der Waals surface area contributed by atoms with Crippen LogP contribution < -0.4 is 4.72 Å². The summed E-state index contributed by atoms with van der Waals surface area (Å²) in [5.74, 6) is 1.82. The molecule has 0 radical (unpaired) electrons. The summed E-state index contributed by atoms with van der Waals surface area (Å²) in [7, 11) is -3.82. The first-order valence-electron chi connectivity index (χ1n) is 14.2. The van der Waals surface area contributed by atoms with Gasteiger partial charge in [-0.25, -0.2) is 8.42 Å². The maximum absolute atomic E-state index is 13.7. The van der Waals surface area contributed by atoms with E-state index in [9.17, 15) is 8.42 Å². The fraction of sp³-hybridized carbons (Fsp3) is 0.314. The predicted molar refractivity (Wildman–Crippen MR) is 159 cm³/mol. The van der Waals surface area contributed by atoms with Crippen LogP contribution in [0.4, 0.5) is 0 Å². The standard InChI is InChI=1S/C35H37NO3S/c1-34(2)31-23-26(24-32(31)34)25-33(36-40(37,38)30-21-13-6-14-22-30)39-35(27-15-7-3-8-16-27,28-17-9-4-10-18-28)29-19-11-5-12-20-29/h3-22,26,31-33,36H,23-25H2,1-2H3. The zero-order valence-corrected chi connectivity index (χ0v) is 23.9. The zero-order chi connectivity index (χ0) is 27.8. The molecule has 4 aromatic carbocycles. The third-order valence-electron chi connectivity index (χ3n) is 9.21. The number of nitrogens with one attached hydrogen (secondary N) is 1. The molecule has 0 spiro atoms. The Kier molecular flexibility index (Phi) is 7.16. The minimum Gasteiger partial charge on any atom is -0.342 e. The molecule has 0 heterocycles. The van der Waals surface area contributed by atoms with E-state index in [0.29, 0.717) is 29.6 Å². The number of benzene rings is 4. The summed E-state index contributed by atoms with van der Waals surface area (Å²) in [6.07, 6.45) is 2.10. The summed E-state index contributed by atoms with van der Waals surface area (Å²) in [5.41, 5.74) is 2.23. The van der Waals surface area contributed by atoms with Crippen molar-refractivity contribution >= 4 is 10.0 Å². The Morgan fingerprint density at radius 3 is 1.55 bits per heavy atom. The Hall–Kier alpha value is -3.25. The van der Waals surface area contributed by atoms with Crippen LogP contribution in [0.25, 0.3) is 0 Å². The fourth-order valence-corrected chi connectivity index (χ4v) is 8.14. The highest BCUT2D eigenvalue weighted by atomic mass is 32.2. The van der Waals surface area contributed by atoms with Gasteiger partial charge in [0.05, 0.1) is 4.90 Å². The summed E-state index contributed by atoms with van der Waals surface area (Å²) in [6.45, 7) is 4.71. The van der Waals surface area contributed by atoms with Gasteiger partial charge in [-0.2, -0.15) is 4.72 Å². The van der Waals surface area contributed by atoms with Crippen LogP contribution in [-0.4, -0.2) is 14.6 Å². The zero-order valence-electron chi connectivity index (χ0n) is 23.1. The van der Waals surface area contributed by atoms with Crippen molar-refractivity contribution in [2.24, 2.45) is 23.2 Å². The summed E-state index contributed by atoms with van der Waals surface area (Å²) in [4.78, 5) is 0.240. The van der Waals surface area contributed by atoms with Gasteiger partial charge in [-0.3, -0.25) is 0 Å². The molecule has 2 fully saturated rings. The maximum Gasteiger partial charge on any atom is 0.242 e. The number of ether oxygens (including phenoxy) is 1. The lowest BCUT2D eigenvalue weighted by Crippen LogP contribution is -2.45. The van der Waals surface area contributed by atoms with E-state index in [1.807, 2.05) is 60.7 Å². The lowest BCUT2D eigenvalue weighted by molar-refractivity contribution is -0.0633. The first-order valence-corrected chi connectivity index (χ1v) is 15.7. The van der Waals surface area contributed by atoms with Crippen molar-refractivity contribution in [3.63, 3.8) is 0 Å². The van der Waals surface area contributed by atoms with E-state index in [1.54, 1.807) is 24.3 Å². The number of hydrogen-bond donors (Lipinski definition) is 1. The third-order valence-corrected chi connectivity index (χ3v) is 10.7. The molecule has 2 saturated carbocycles. The molecule has 0 bridgehead atoms. The number of hydrogen-bond acceptors (Lipinski definition) is 3. The van der Waals surface area contributed by atoms with E-state index in [4.69, 9.17) is 4.74 Å². The minimum absolute atomic E-state index is 0.240. The second-order valence-corrected chi connectivity index (χ2v) is 13.6. The van der Waals surface area contributed by atoms with Crippen molar-refractivity contribution in [3.05, 3.63) is 138 Å². The van der Waals surface area contributed by atoms with Gasteiger partial charge in [-0.15, -0.1) is 0 Å². The second-order valence-electron chi connectivity index (χ2n) is 11.9. The monoisotopic (exact) mass is 551 g/mol.